The molecule has 6 nitrogen and oxygen atoms in total. The number of hydrogen-bond donors (Lipinski definition) is 2. The highest BCUT2D eigenvalue weighted by Gasteiger charge is 2.07. The van der Waals surface area contributed by atoms with Crippen molar-refractivity contribution in [2.75, 3.05) is 19.0 Å². The van der Waals surface area contributed by atoms with Crippen LogP contribution in [0.15, 0.2) is 23.3 Å². The molecule has 0 aromatic heterocycles. The van der Waals surface area contributed by atoms with Gasteiger partial charge in [0.05, 0.1) is 6.42 Å². The molecule has 0 bridgehead atoms. The molecule has 1 aromatic rings. The Kier molecular flexibility index (Phi) is 6.84. The Bertz CT molecular complexity index is 558. The first-order chi connectivity index (χ1) is 9.92. The number of carbonyl (C=O) groups excluding carboxylic acids is 2. The summed E-state index contributed by atoms with van der Waals surface area (Å²) in [5.74, 6) is -0.589. The van der Waals surface area contributed by atoms with Gasteiger partial charge in [0.1, 0.15) is 6.61 Å². The third-order valence-corrected chi connectivity index (χ3v) is 2.76. The van der Waals surface area contributed by atoms with E-state index in [9.17, 15) is 9.59 Å². The van der Waals surface area contributed by atoms with Crippen molar-refractivity contribution in [3.63, 3.8) is 0 Å². The highest BCUT2D eigenvalue weighted by Crippen LogP contribution is 2.19. The monoisotopic (exact) mass is 311 g/mol. The molecule has 0 fully saturated rings. The second-order valence-electron chi connectivity index (χ2n) is 4.50. The van der Waals surface area contributed by atoms with E-state index >= 15 is 0 Å². The zero-order chi connectivity index (χ0) is 15.8. The Morgan fingerprint density at radius 3 is 2.67 bits per heavy atom. The number of hydrogen-bond acceptors (Lipinski definition) is 4. The number of amides is 2. The number of nitrogens with one attached hydrogen (secondary N) is 2. The number of hydrazone groups is 1. The molecule has 7 heteroatoms. The second kappa shape index (κ2) is 8.39. The van der Waals surface area contributed by atoms with Crippen LogP contribution in [0.3, 0.4) is 0 Å². The molecule has 0 unspecified atom stereocenters. The molecule has 1 aromatic carbocycles. The first-order valence-corrected chi connectivity index (χ1v) is 6.67. The molecule has 0 radical (unpaired) electrons. The van der Waals surface area contributed by atoms with Gasteiger partial charge in [0.25, 0.3) is 5.91 Å². The molecule has 0 saturated carbocycles. The van der Waals surface area contributed by atoms with Crippen LogP contribution in [0.4, 0.5) is 5.69 Å². The van der Waals surface area contributed by atoms with Crippen LogP contribution in [-0.2, 0) is 14.3 Å². The number of benzene rings is 1. The number of carbonyl (C=O) groups is 2. The molecule has 2 amide bonds. The van der Waals surface area contributed by atoms with E-state index in [2.05, 4.69) is 20.6 Å². The van der Waals surface area contributed by atoms with Crippen molar-refractivity contribution < 1.29 is 14.3 Å². The molecule has 0 atom stereocenters. The molecule has 1 rings (SSSR count). The van der Waals surface area contributed by atoms with Gasteiger partial charge in [-0.1, -0.05) is 11.6 Å². The summed E-state index contributed by atoms with van der Waals surface area (Å²) in [7, 11) is 1.41. The first-order valence-electron chi connectivity index (χ1n) is 6.29. The van der Waals surface area contributed by atoms with Crippen LogP contribution in [-0.4, -0.2) is 31.2 Å². The maximum absolute atomic E-state index is 11.9. The fourth-order valence-electron chi connectivity index (χ4n) is 1.55. The molecule has 0 aliphatic rings. The van der Waals surface area contributed by atoms with Crippen LogP contribution in [0.25, 0.3) is 0 Å². The number of methoxy groups -OCH3 is 1. The van der Waals surface area contributed by atoms with Crippen molar-refractivity contribution in [1.82, 2.24) is 5.43 Å². The average molecular weight is 312 g/mol. The van der Waals surface area contributed by atoms with E-state index in [4.69, 9.17) is 11.6 Å². The standard InChI is InChI=1S/C14H18ClN3O3/c1-9-6-11(15)4-5-12(9)16-13(19)7-10(2)17-18-14(20)8-21-3/h4-6H,7-8H2,1-3H3,(H,16,19)(H,18,20). The zero-order valence-corrected chi connectivity index (χ0v) is 13.0. The quantitative estimate of drug-likeness (QED) is 0.624. The number of rotatable bonds is 6. The van der Waals surface area contributed by atoms with Gasteiger partial charge < -0.3 is 10.1 Å². The van der Waals surface area contributed by atoms with Crippen molar-refractivity contribution in [3.05, 3.63) is 28.8 Å². The minimum atomic E-state index is -0.370. The van der Waals surface area contributed by atoms with Gasteiger partial charge >= 0.3 is 0 Å². The van der Waals surface area contributed by atoms with Crippen LogP contribution >= 0.6 is 11.6 Å². The topological polar surface area (TPSA) is 79.8 Å². The van der Waals surface area contributed by atoms with Gasteiger partial charge in [0.2, 0.25) is 5.91 Å². The van der Waals surface area contributed by atoms with Crippen molar-refractivity contribution in [2.24, 2.45) is 5.10 Å². The zero-order valence-electron chi connectivity index (χ0n) is 12.2. The van der Waals surface area contributed by atoms with E-state index in [-0.39, 0.29) is 24.8 Å². The van der Waals surface area contributed by atoms with Crippen molar-refractivity contribution in [1.29, 1.82) is 0 Å². The van der Waals surface area contributed by atoms with Crippen molar-refractivity contribution >= 4 is 34.8 Å². The Labute approximate surface area is 128 Å². The Morgan fingerprint density at radius 1 is 1.33 bits per heavy atom. The molecular formula is C14H18ClN3O3. The normalized spacial score (nSPS) is 11.1. The summed E-state index contributed by atoms with van der Waals surface area (Å²) in [6, 6.07) is 5.21. The summed E-state index contributed by atoms with van der Waals surface area (Å²) in [6.45, 7) is 3.43. The molecule has 0 spiro atoms. The molecular weight excluding hydrogens is 294 g/mol. The van der Waals surface area contributed by atoms with Gasteiger partial charge in [-0.2, -0.15) is 5.10 Å². The van der Waals surface area contributed by atoms with E-state index in [1.165, 1.54) is 7.11 Å². The average Bonchev–Trinajstić information content (AvgIpc) is 2.40. The second-order valence-corrected chi connectivity index (χ2v) is 4.94. The fourth-order valence-corrected chi connectivity index (χ4v) is 1.78. The predicted octanol–water partition coefficient (Wildman–Crippen LogP) is 2.12. The SMILES string of the molecule is COCC(=O)NN=C(C)CC(=O)Nc1ccc(Cl)cc1C. The highest BCUT2D eigenvalue weighted by atomic mass is 35.5. The number of halogens is 1. The van der Waals surface area contributed by atoms with Gasteiger partial charge in [0.15, 0.2) is 0 Å². The molecule has 0 heterocycles. The van der Waals surface area contributed by atoms with Gasteiger partial charge in [-0.05, 0) is 37.6 Å². The lowest BCUT2D eigenvalue weighted by Crippen LogP contribution is -2.24. The highest BCUT2D eigenvalue weighted by molar-refractivity contribution is 6.30. The summed E-state index contributed by atoms with van der Waals surface area (Å²) in [4.78, 5) is 23.0. The van der Waals surface area contributed by atoms with E-state index in [1.54, 1.807) is 25.1 Å². The minimum Gasteiger partial charge on any atom is -0.375 e. The van der Waals surface area contributed by atoms with Gasteiger partial charge in [0, 0.05) is 23.5 Å². The fraction of sp³-hybridized carbons (Fsp3) is 0.357. The third-order valence-electron chi connectivity index (χ3n) is 2.53. The summed E-state index contributed by atoms with van der Waals surface area (Å²) >= 11 is 5.85. The Balaban J connectivity index is 2.53. The van der Waals surface area contributed by atoms with Crippen molar-refractivity contribution in [2.45, 2.75) is 20.3 Å². The maximum atomic E-state index is 11.9. The van der Waals surface area contributed by atoms with Crippen LogP contribution in [0.5, 0.6) is 0 Å². The summed E-state index contributed by atoms with van der Waals surface area (Å²) in [6.07, 6.45) is 0.0787. The van der Waals surface area contributed by atoms with Gasteiger partial charge in [-0.15, -0.1) is 0 Å². The third kappa shape index (κ3) is 6.37. The maximum Gasteiger partial charge on any atom is 0.266 e. The molecule has 0 aliphatic heterocycles. The van der Waals surface area contributed by atoms with Crippen LogP contribution in [0, 0.1) is 6.92 Å². The van der Waals surface area contributed by atoms with Crippen LogP contribution in [0.1, 0.15) is 18.9 Å². The Morgan fingerprint density at radius 2 is 2.05 bits per heavy atom. The van der Waals surface area contributed by atoms with E-state index in [0.29, 0.717) is 16.4 Å². The Hall–Kier alpha value is -1.92. The molecule has 114 valence electrons. The molecule has 0 saturated heterocycles. The van der Waals surface area contributed by atoms with E-state index < -0.39 is 0 Å². The lowest BCUT2D eigenvalue weighted by atomic mass is 10.2. The number of ether oxygens (including phenoxy) is 1. The summed E-state index contributed by atoms with van der Waals surface area (Å²) in [5.41, 5.74) is 4.36. The molecule has 21 heavy (non-hydrogen) atoms. The predicted molar refractivity (Wildman–Crippen MR) is 82.6 cm³/mol. The van der Waals surface area contributed by atoms with E-state index in [0.717, 1.165) is 5.56 Å². The summed E-state index contributed by atoms with van der Waals surface area (Å²) in [5, 5.41) is 7.20. The number of nitrogens with zero attached hydrogens (tertiary/aromatic N) is 1. The molecule has 0 aliphatic carbocycles. The van der Waals surface area contributed by atoms with Crippen LogP contribution in [0.2, 0.25) is 5.02 Å². The van der Waals surface area contributed by atoms with Crippen LogP contribution < -0.4 is 10.7 Å². The largest absolute Gasteiger partial charge is 0.375 e. The number of aryl methyl sites for hydroxylation is 1. The van der Waals surface area contributed by atoms with E-state index in [1.807, 2.05) is 6.92 Å². The lowest BCUT2D eigenvalue weighted by Gasteiger charge is -2.08. The van der Waals surface area contributed by atoms with Gasteiger partial charge in [-0.25, -0.2) is 5.43 Å². The van der Waals surface area contributed by atoms with Gasteiger partial charge in [-0.3, -0.25) is 9.59 Å². The summed E-state index contributed by atoms with van der Waals surface area (Å²) < 4.78 is 4.65. The van der Waals surface area contributed by atoms with Crippen molar-refractivity contribution in [3.8, 4) is 0 Å². The first kappa shape index (κ1) is 17.1. The lowest BCUT2D eigenvalue weighted by molar-refractivity contribution is -0.124. The minimum absolute atomic E-state index is 0.0764. The smallest absolute Gasteiger partial charge is 0.266 e. The number of anilines is 1. The molecule has 2 N–H and O–H groups in total.